The summed E-state index contributed by atoms with van der Waals surface area (Å²) in [6, 6.07) is 18.8. The summed E-state index contributed by atoms with van der Waals surface area (Å²) in [5.74, 6) is 0. The molecule has 1 nitrogen and oxygen atoms in total. The molecule has 0 bridgehead atoms. The third kappa shape index (κ3) is 2.52. The fourth-order valence-electron chi connectivity index (χ4n) is 1.40. The molecule has 2 atom stereocenters. The summed E-state index contributed by atoms with van der Waals surface area (Å²) in [6.45, 7) is 0. The molecular weight excluding hydrogens is 240 g/mol. The smallest absolute Gasteiger partial charge is 0.138 e. The summed E-state index contributed by atoms with van der Waals surface area (Å²) < 4.78 is 11.6. The van der Waals surface area contributed by atoms with Crippen molar-refractivity contribution in [1.29, 1.82) is 0 Å². The molecule has 0 radical (unpaired) electrons. The molecule has 0 spiro atoms. The highest BCUT2D eigenvalue weighted by molar-refractivity contribution is 7.86. The van der Waals surface area contributed by atoms with Crippen molar-refractivity contribution in [1.82, 2.24) is 0 Å². The molecule has 0 saturated carbocycles. The molecular formula is C13H11ClOS. The zero-order chi connectivity index (χ0) is 11.4. The van der Waals surface area contributed by atoms with Crippen LogP contribution >= 0.6 is 11.6 Å². The highest BCUT2D eigenvalue weighted by Crippen LogP contribution is 2.28. The predicted molar refractivity (Wildman–Crippen MR) is 67.9 cm³/mol. The highest BCUT2D eigenvalue weighted by Gasteiger charge is 2.16. The van der Waals surface area contributed by atoms with Gasteiger partial charge in [0.05, 0.1) is 10.8 Å². The van der Waals surface area contributed by atoms with Crippen LogP contribution in [0.2, 0.25) is 0 Å². The Hall–Kier alpha value is -1.12. The van der Waals surface area contributed by atoms with E-state index in [0.29, 0.717) is 0 Å². The second-order valence-corrected chi connectivity index (χ2v) is 5.57. The lowest BCUT2D eigenvalue weighted by Gasteiger charge is -2.09. The zero-order valence-corrected chi connectivity index (χ0v) is 10.1. The lowest BCUT2D eigenvalue weighted by molar-refractivity contribution is 0.681. The van der Waals surface area contributed by atoms with Gasteiger partial charge in [-0.2, -0.15) is 0 Å². The predicted octanol–water partition coefficient (Wildman–Crippen LogP) is 3.73. The summed E-state index contributed by atoms with van der Waals surface area (Å²) in [5.41, 5.74) is 0.881. The Bertz CT molecular complexity index is 470. The Labute approximate surface area is 103 Å². The van der Waals surface area contributed by atoms with Crippen molar-refractivity contribution in [3.8, 4) is 0 Å². The van der Waals surface area contributed by atoms with Gasteiger partial charge in [0, 0.05) is 4.90 Å². The quantitative estimate of drug-likeness (QED) is 0.759. The van der Waals surface area contributed by atoms with Crippen LogP contribution < -0.4 is 0 Å². The molecule has 0 fully saturated rings. The van der Waals surface area contributed by atoms with Crippen LogP contribution in [0.4, 0.5) is 0 Å². The molecule has 0 amide bonds. The van der Waals surface area contributed by atoms with Crippen LogP contribution in [0, 0.1) is 0 Å². The summed E-state index contributed by atoms with van der Waals surface area (Å²) >= 11 is 6.19. The first-order chi connectivity index (χ1) is 7.79. The van der Waals surface area contributed by atoms with E-state index in [2.05, 4.69) is 0 Å². The van der Waals surface area contributed by atoms with Crippen molar-refractivity contribution in [3.05, 3.63) is 66.2 Å². The van der Waals surface area contributed by atoms with Crippen molar-refractivity contribution >= 4 is 22.4 Å². The number of hydrogen-bond donors (Lipinski definition) is 0. The van der Waals surface area contributed by atoms with Crippen molar-refractivity contribution in [2.24, 2.45) is 0 Å². The van der Waals surface area contributed by atoms with E-state index in [1.807, 2.05) is 60.7 Å². The molecule has 0 aliphatic heterocycles. The molecule has 0 N–H and O–H groups in total. The summed E-state index contributed by atoms with van der Waals surface area (Å²) in [4.78, 5) is 0.756. The van der Waals surface area contributed by atoms with Crippen molar-refractivity contribution < 1.29 is 4.21 Å². The minimum Gasteiger partial charge on any atom is -0.252 e. The van der Waals surface area contributed by atoms with Crippen molar-refractivity contribution in [2.75, 3.05) is 0 Å². The third-order valence-corrected chi connectivity index (χ3v) is 4.35. The van der Waals surface area contributed by atoms with E-state index in [0.717, 1.165) is 10.5 Å². The van der Waals surface area contributed by atoms with Crippen LogP contribution in [0.3, 0.4) is 0 Å². The van der Waals surface area contributed by atoms with Gasteiger partial charge in [0.2, 0.25) is 0 Å². The average Bonchev–Trinajstić information content (AvgIpc) is 2.39. The van der Waals surface area contributed by atoms with Gasteiger partial charge < -0.3 is 0 Å². The van der Waals surface area contributed by atoms with Gasteiger partial charge in [0.15, 0.2) is 0 Å². The van der Waals surface area contributed by atoms with Gasteiger partial charge >= 0.3 is 0 Å². The van der Waals surface area contributed by atoms with E-state index in [1.54, 1.807) is 0 Å². The maximum atomic E-state index is 12.1. The summed E-state index contributed by atoms with van der Waals surface area (Å²) in [7, 11) is -1.21. The van der Waals surface area contributed by atoms with E-state index in [4.69, 9.17) is 11.6 Å². The molecule has 0 saturated heterocycles. The van der Waals surface area contributed by atoms with Crippen molar-refractivity contribution in [2.45, 2.75) is 9.60 Å². The Kier molecular flexibility index (Phi) is 3.75. The SMILES string of the molecule is O=[S@@](c1ccccc1)[C@H](Cl)c1ccccc1. The normalized spacial score (nSPS) is 14.3. The maximum Gasteiger partial charge on any atom is 0.138 e. The van der Waals surface area contributed by atoms with E-state index in [1.165, 1.54) is 0 Å². The van der Waals surface area contributed by atoms with Crippen LogP contribution in [0.15, 0.2) is 65.6 Å². The van der Waals surface area contributed by atoms with Gasteiger partial charge in [-0.05, 0) is 17.7 Å². The number of rotatable bonds is 3. The number of benzene rings is 2. The van der Waals surface area contributed by atoms with Gasteiger partial charge in [-0.3, -0.25) is 4.21 Å². The monoisotopic (exact) mass is 250 g/mol. The van der Waals surface area contributed by atoms with Crippen LogP contribution in [-0.2, 0) is 10.8 Å². The molecule has 16 heavy (non-hydrogen) atoms. The average molecular weight is 251 g/mol. The minimum atomic E-state index is -1.21. The Morgan fingerprint density at radius 2 is 1.38 bits per heavy atom. The molecule has 82 valence electrons. The van der Waals surface area contributed by atoms with Crippen LogP contribution in [-0.4, -0.2) is 4.21 Å². The first-order valence-corrected chi connectivity index (χ1v) is 6.58. The Morgan fingerprint density at radius 3 is 1.94 bits per heavy atom. The first kappa shape index (κ1) is 11.4. The fraction of sp³-hybridized carbons (Fsp3) is 0.0769. The Balaban J connectivity index is 2.24. The Morgan fingerprint density at radius 1 is 0.875 bits per heavy atom. The van der Waals surface area contributed by atoms with Gasteiger partial charge in [-0.15, -0.1) is 11.6 Å². The van der Waals surface area contributed by atoms with Gasteiger partial charge in [0.25, 0.3) is 0 Å². The second-order valence-electron chi connectivity index (χ2n) is 3.34. The molecule has 0 aliphatic rings. The lowest BCUT2D eigenvalue weighted by Crippen LogP contribution is -2.00. The standard InChI is InChI=1S/C13H11ClOS/c14-13(11-7-3-1-4-8-11)16(15)12-9-5-2-6-10-12/h1-10,13H/t13-,16-/m0/s1. The molecule has 2 rings (SSSR count). The van der Waals surface area contributed by atoms with E-state index in [9.17, 15) is 4.21 Å². The lowest BCUT2D eigenvalue weighted by atomic mass is 10.2. The molecule has 0 heterocycles. The number of alkyl halides is 1. The molecule has 0 aromatic heterocycles. The van der Waals surface area contributed by atoms with E-state index < -0.39 is 15.5 Å². The molecule has 0 aliphatic carbocycles. The van der Waals surface area contributed by atoms with Crippen LogP contribution in [0.5, 0.6) is 0 Å². The zero-order valence-electron chi connectivity index (χ0n) is 8.55. The first-order valence-electron chi connectivity index (χ1n) is 4.93. The molecule has 2 aromatic carbocycles. The van der Waals surface area contributed by atoms with Gasteiger partial charge in [0.1, 0.15) is 4.71 Å². The van der Waals surface area contributed by atoms with E-state index >= 15 is 0 Å². The topological polar surface area (TPSA) is 17.1 Å². The highest BCUT2D eigenvalue weighted by atomic mass is 35.5. The van der Waals surface area contributed by atoms with E-state index in [-0.39, 0.29) is 0 Å². The molecule has 0 unspecified atom stereocenters. The number of halogens is 1. The van der Waals surface area contributed by atoms with Gasteiger partial charge in [-0.25, -0.2) is 0 Å². The largest absolute Gasteiger partial charge is 0.252 e. The third-order valence-electron chi connectivity index (χ3n) is 2.23. The van der Waals surface area contributed by atoms with Crippen molar-refractivity contribution in [3.63, 3.8) is 0 Å². The van der Waals surface area contributed by atoms with Crippen LogP contribution in [0.25, 0.3) is 0 Å². The molecule has 3 heteroatoms. The maximum absolute atomic E-state index is 12.1. The van der Waals surface area contributed by atoms with Crippen LogP contribution in [0.1, 0.15) is 10.3 Å². The molecule has 2 aromatic rings. The second kappa shape index (κ2) is 5.28. The number of hydrogen-bond acceptors (Lipinski definition) is 1. The minimum absolute atomic E-state index is 0.497. The summed E-state index contributed by atoms with van der Waals surface area (Å²) in [5, 5.41) is 0. The summed E-state index contributed by atoms with van der Waals surface area (Å²) in [6.07, 6.45) is 0. The van der Waals surface area contributed by atoms with Gasteiger partial charge in [-0.1, -0.05) is 48.5 Å². The fourth-order valence-corrected chi connectivity index (χ4v) is 2.92.